The molecule has 0 fully saturated rings. The highest BCUT2D eigenvalue weighted by molar-refractivity contribution is 7.14. The number of hydrogen-bond donors (Lipinski definition) is 2. The van der Waals surface area contributed by atoms with Gasteiger partial charge in [0, 0.05) is 5.38 Å². The molecule has 32 heavy (non-hydrogen) atoms. The van der Waals surface area contributed by atoms with E-state index in [2.05, 4.69) is 15.6 Å². The minimum atomic E-state index is -0.302. The Kier molecular flexibility index (Phi) is 6.32. The van der Waals surface area contributed by atoms with Gasteiger partial charge in [-0.1, -0.05) is 29.8 Å². The molecule has 4 aromatic rings. The highest BCUT2D eigenvalue weighted by Crippen LogP contribution is 2.29. The fraction of sp³-hybridized carbons (Fsp3) is 0.125. The molecular weight excluding hydrogens is 426 g/mol. The largest absolute Gasteiger partial charge is 0.469 e. The Hall–Kier alpha value is -3.91. The van der Waals surface area contributed by atoms with Crippen LogP contribution in [-0.4, -0.2) is 16.8 Å². The summed E-state index contributed by atoms with van der Waals surface area (Å²) in [4.78, 5) is 29.2. The third kappa shape index (κ3) is 5.22. The Morgan fingerprint density at radius 2 is 1.81 bits per heavy atom. The number of nitrogens with zero attached hydrogens (tertiary/aromatic N) is 1. The summed E-state index contributed by atoms with van der Waals surface area (Å²) in [5, 5.41) is 7.76. The first-order valence-corrected chi connectivity index (χ1v) is 10.8. The number of para-hydroxylation sites is 2. The molecule has 2 aromatic heterocycles. The van der Waals surface area contributed by atoms with Crippen molar-refractivity contribution in [3.05, 3.63) is 88.8 Å². The highest BCUT2D eigenvalue weighted by Gasteiger charge is 2.15. The van der Waals surface area contributed by atoms with Crippen molar-refractivity contribution in [3.8, 4) is 11.5 Å². The fourth-order valence-corrected chi connectivity index (χ4v) is 3.69. The summed E-state index contributed by atoms with van der Waals surface area (Å²) < 4.78 is 11.1. The summed E-state index contributed by atoms with van der Waals surface area (Å²) in [5.74, 6) is 1.23. The van der Waals surface area contributed by atoms with Gasteiger partial charge >= 0.3 is 0 Å². The van der Waals surface area contributed by atoms with Crippen molar-refractivity contribution in [2.24, 2.45) is 0 Å². The first kappa shape index (κ1) is 21.3. The molecule has 0 saturated carbocycles. The number of amides is 2. The Balaban J connectivity index is 1.38. The van der Waals surface area contributed by atoms with Crippen LogP contribution in [0.2, 0.25) is 0 Å². The molecule has 0 saturated heterocycles. The Morgan fingerprint density at radius 1 is 1.03 bits per heavy atom. The lowest BCUT2D eigenvalue weighted by atomic mass is 10.2. The normalized spacial score (nSPS) is 10.6. The number of thiazole rings is 1. The van der Waals surface area contributed by atoms with E-state index in [4.69, 9.17) is 9.15 Å². The summed E-state index contributed by atoms with van der Waals surface area (Å²) >= 11 is 1.26. The van der Waals surface area contributed by atoms with Crippen molar-refractivity contribution in [1.29, 1.82) is 0 Å². The van der Waals surface area contributed by atoms with E-state index < -0.39 is 0 Å². The maximum Gasteiger partial charge on any atom is 0.260 e. The summed E-state index contributed by atoms with van der Waals surface area (Å²) in [6.45, 7) is 3.72. The maximum atomic E-state index is 12.6. The molecule has 2 N–H and O–H groups in total. The summed E-state index contributed by atoms with van der Waals surface area (Å²) in [6, 6.07) is 16.5. The molecule has 2 amide bonds. The number of furan rings is 1. The number of carbonyl (C=O) groups is 2. The van der Waals surface area contributed by atoms with Gasteiger partial charge in [0.15, 0.2) is 10.9 Å². The lowest BCUT2D eigenvalue weighted by Crippen LogP contribution is -2.15. The zero-order valence-electron chi connectivity index (χ0n) is 17.5. The maximum absolute atomic E-state index is 12.6. The number of rotatable bonds is 7. The van der Waals surface area contributed by atoms with Crippen LogP contribution in [0.4, 0.5) is 10.8 Å². The van der Waals surface area contributed by atoms with Gasteiger partial charge in [-0.05, 0) is 44.2 Å². The van der Waals surface area contributed by atoms with E-state index in [1.807, 2.05) is 43.3 Å². The number of anilines is 2. The minimum absolute atomic E-state index is 0.0655. The van der Waals surface area contributed by atoms with Crippen LogP contribution in [0.1, 0.15) is 27.4 Å². The minimum Gasteiger partial charge on any atom is -0.469 e. The van der Waals surface area contributed by atoms with Crippen molar-refractivity contribution >= 4 is 34.0 Å². The van der Waals surface area contributed by atoms with Crippen molar-refractivity contribution in [1.82, 2.24) is 4.98 Å². The standard InChI is InChI=1S/C24H21N3O4S/c1-15-7-9-18(10-8-15)31-21-6-4-3-5-20(21)26-22(28)13-17-14-32-24(25-17)27-23(29)19-11-12-30-16(19)2/h3-12,14H,13H2,1-2H3,(H,26,28)(H,25,27,29). The third-order valence-corrected chi connectivity index (χ3v) is 5.43. The van der Waals surface area contributed by atoms with Crippen LogP contribution in [0.3, 0.4) is 0 Å². The van der Waals surface area contributed by atoms with Gasteiger partial charge in [-0.15, -0.1) is 11.3 Å². The summed E-state index contributed by atoms with van der Waals surface area (Å²) in [5.41, 5.74) is 2.71. The lowest BCUT2D eigenvalue weighted by molar-refractivity contribution is -0.115. The quantitative estimate of drug-likeness (QED) is 0.386. The Bertz CT molecular complexity index is 1240. The molecule has 0 bridgehead atoms. The average molecular weight is 448 g/mol. The van der Waals surface area contributed by atoms with E-state index in [-0.39, 0.29) is 18.2 Å². The molecule has 0 spiro atoms. The van der Waals surface area contributed by atoms with E-state index in [1.165, 1.54) is 17.6 Å². The SMILES string of the molecule is Cc1ccc(Oc2ccccc2NC(=O)Cc2csc(NC(=O)c3ccoc3C)n2)cc1. The van der Waals surface area contributed by atoms with Crippen LogP contribution in [0.15, 0.2) is 70.7 Å². The van der Waals surface area contributed by atoms with Gasteiger partial charge in [-0.3, -0.25) is 14.9 Å². The number of aromatic nitrogens is 1. The number of benzene rings is 2. The predicted molar refractivity (Wildman–Crippen MR) is 124 cm³/mol. The second-order valence-electron chi connectivity index (χ2n) is 7.12. The smallest absolute Gasteiger partial charge is 0.260 e. The number of hydrogen-bond acceptors (Lipinski definition) is 6. The van der Waals surface area contributed by atoms with Crippen LogP contribution >= 0.6 is 11.3 Å². The van der Waals surface area contributed by atoms with Crippen LogP contribution in [-0.2, 0) is 11.2 Å². The lowest BCUT2D eigenvalue weighted by Gasteiger charge is -2.12. The van der Waals surface area contributed by atoms with Crippen molar-refractivity contribution < 1.29 is 18.7 Å². The van der Waals surface area contributed by atoms with E-state index in [1.54, 1.807) is 30.5 Å². The molecule has 2 aromatic carbocycles. The van der Waals surface area contributed by atoms with Gasteiger partial charge in [0.05, 0.1) is 29.6 Å². The average Bonchev–Trinajstić information content (AvgIpc) is 3.39. The first-order chi connectivity index (χ1) is 15.5. The molecular formula is C24H21N3O4S. The highest BCUT2D eigenvalue weighted by atomic mass is 32.1. The molecule has 0 atom stereocenters. The molecule has 0 unspecified atom stereocenters. The zero-order chi connectivity index (χ0) is 22.5. The Labute approximate surface area is 189 Å². The van der Waals surface area contributed by atoms with Crippen LogP contribution in [0.25, 0.3) is 0 Å². The van der Waals surface area contributed by atoms with Gasteiger partial charge in [-0.2, -0.15) is 0 Å². The molecule has 162 valence electrons. The molecule has 4 rings (SSSR count). The molecule has 0 aliphatic heterocycles. The van der Waals surface area contributed by atoms with E-state index in [0.717, 1.165) is 5.56 Å². The zero-order valence-corrected chi connectivity index (χ0v) is 18.4. The van der Waals surface area contributed by atoms with Gasteiger partial charge in [0.1, 0.15) is 11.5 Å². The Morgan fingerprint density at radius 3 is 2.56 bits per heavy atom. The molecule has 0 aliphatic rings. The molecule has 0 aliphatic carbocycles. The molecule has 0 radical (unpaired) electrons. The third-order valence-electron chi connectivity index (χ3n) is 4.63. The van der Waals surface area contributed by atoms with E-state index in [9.17, 15) is 9.59 Å². The first-order valence-electron chi connectivity index (χ1n) is 9.91. The summed E-state index contributed by atoms with van der Waals surface area (Å²) in [7, 11) is 0. The monoisotopic (exact) mass is 447 g/mol. The van der Waals surface area contributed by atoms with Crippen molar-refractivity contribution in [2.45, 2.75) is 20.3 Å². The topological polar surface area (TPSA) is 93.5 Å². The van der Waals surface area contributed by atoms with Crippen LogP contribution < -0.4 is 15.4 Å². The second kappa shape index (κ2) is 9.49. The number of nitrogens with one attached hydrogen (secondary N) is 2. The van der Waals surface area contributed by atoms with Gasteiger partial charge in [-0.25, -0.2) is 4.98 Å². The molecule has 8 heteroatoms. The number of aryl methyl sites for hydroxylation is 2. The number of ether oxygens (including phenoxy) is 1. The number of carbonyl (C=O) groups excluding carboxylic acids is 2. The van der Waals surface area contributed by atoms with Gasteiger partial charge in [0.25, 0.3) is 5.91 Å². The fourth-order valence-electron chi connectivity index (χ4n) is 2.98. The van der Waals surface area contributed by atoms with Crippen molar-refractivity contribution in [2.75, 3.05) is 10.6 Å². The van der Waals surface area contributed by atoms with Crippen LogP contribution in [0.5, 0.6) is 11.5 Å². The summed E-state index contributed by atoms with van der Waals surface area (Å²) in [6.07, 6.45) is 1.53. The predicted octanol–water partition coefficient (Wildman–Crippen LogP) is 5.58. The molecule has 2 heterocycles. The van der Waals surface area contributed by atoms with Gasteiger partial charge < -0.3 is 14.5 Å². The second-order valence-corrected chi connectivity index (χ2v) is 7.98. The van der Waals surface area contributed by atoms with Gasteiger partial charge in [0.2, 0.25) is 5.91 Å². The van der Waals surface area contributed by atoms with E-state index >= 15 is 0 Å². The molecule has 7 nitrogen and oxygen atoms in total. The van der Waals surface area contributed by atoms with Crippen LogP contribution in [0, 0.1) is 13.8 Å². The van der Waals surface area contributed by atoms with Crippen molar-refractivity contribution in [3.63, 3.8) is 0 Å². The van der Waals surface area contributed by atoms with E-state index in [0.29, 0.717) is 39.3 Å².